The van der Waals surface area contributed by atoms with Gasteiger partial charge in [-0.1, -0.05) is 18.2 Å². The Morgan fingerprint density at radius 1 is 1.20 bits per heavy atom. The zero-order valence-corrected chi connectivity index (χ0v) is 10.9. The molecule has 0 saturated carbocycles. The van der Waals surface area contributed by atoms with Crippen LogP contribution in [0.2, 0.25) is 0 Å². The van der Waals surface area contributed by atoms with Crippen LogP contribution < -0.4 is 10.1 Å². The number of benzene rings is 1. The third kappa shape index (κ3) is 4.35. The number of aromatic nitrogens is 1. The molecule has 0 saturated heterocycles. The van der Waals surface area contributed by atoms with Crippen LogP contribution in [0.5, 0.6) is 5.75 Å². The van der Waals surface area contributed by atoms with E-state index in [2.05, 4.69) is 10.3 Å². The molecule has 0 fully saturated rings. The van der Waals surface area contributed by atoms with Crippen LogP contribution in [0.4, 0.5) is 10.2 Å². The number of hydrogen-bond donors (Lipinski definition) is 1. The fourth-order valence-electron chi connectivity index (χ4n) is 1.62. The van der Waals surface area contributed by atoms with E-state index in [1.807, 2.05) is 0 Å². The molecule has 1 heterocycles. The third-order valence-corrected chi connectivity index (χ3v) is 2.57. The second-order valence-electron chi connectivity index (χ2n) is 4.15. The number of carbonyl (C=O) groups is 1. The van der Waals surface area contributed by atoms with Crippen molar-refractivity contribution in [1.82, 2.24) is 4.98 Å². The van der Waals surface area contributed by atoms with Gasteiger partial charge in [-0.2, -0.15) is 0 Å². The van der Waals surface area contributed by atoms with Crippen LogP contribution in [0, 0.1) is 5.82 Å². The lowest BCUT2D eigenvalue weighted by atomic mass is 10.3. The van der Waals surface area contributed by atoms with Crippen LogP contribution in [0.15, 0.2) is 48.7 Å². The van der Waals surface area contributed by atoms with Gasteiger partial charge in [-0.15, -0.1) is 0 Å². The SMILES string of the molecule is O=C(CCCOc1ccccc1F)Nc1ccccn1. The molecule has 0 aliphatic heterocycles. The molecule has 0 unspecified atom stereocenters. The molecule has 104 valence electrons. The summed E-state index contributed by atoms with van der Waals surface area (Å²) in [4.78, 5) is 15.6. The third-order valence-electron chi connectivity index (χ3n) is 2.57. The van der Waals surface area contributed by atoms with Crippen LogP contribution in [0.25, 0.3) is 0 Å². The molecule has 0 spiro atoms. The van der Waals surface area contributed by atoms with E-state index >= 15 is 0 Å². The second-order valence-corrected chi connectivity index (χ2v) is 4.15. The zero-order chi connectivity index (χ0) is 14.2. The van der Waals surface area contributed by atoms with E-state index in [4.69, 9.17) is 4.74 Å². The first-order chi connectivity index (χ1) is 9.75. The summed E-state index contributed by atoms with van der Waals surface area (Å²) < 4.78 is 18.5. The van der Waals surface area contributed by atoms with Crippen molar-refractivity contribution in [3.63, 3.8) is 0 Å². The van der Waals surface area contributed by atoms with E-state index in [0.717, 1.165) is 0 Å². The topological polar surface area (TPSA) is 51.2 Å². The summed E-state index contributed by atoms with van der Waals surface area (Å²) in [6.45, 7) is 0.288. The molecule has 1 amide bonds. The molecule has 0 atom stereocenters. The van der Waals surface area contributed by atoms with Gasteiger partial charge in [0.05, 0.1) is 6.61 Å². The predicted molar refractivity (Wildman–Crippen MR) is 74.0 cm³/mol. The Kier molecular flexibility index (Phi) is 5.06. The number of nitrogens with one attached hydrogen (secondary N) is 1. The van der Waals surface area contributed by atoms with Crippen LogP contribution in [0.1, 0.15) is 12.8 Å². The lowest BCUT2D eigenvalue weighted by molar-refractivity contribution is -0.116. The van der Waals surface area contributed by atoms with E-state index in [9.17, 15) is 9.18 Å². The molecule has 20 heavy (non-hydrogen) atoms. The number of anilines is 1. The van der Waals surface area contributed by atoms with Crippen molar-refractivity contribution in [1.29, 1.82) is 0 Å². The van der Waals surface area contributed by atoms with Gasteiger partial charge in [0.15, 0.2) is 11.6 Å². The number of nitrogens with zero attached hydrogens (tertiary/aromatic N) is 1. The van der Waals surface area contributed by atoms with E-state index < -0.39 is 5.82 Å². The minimum Gasteiger partial charge on any atom is -0.491 e. The Morgan fingerprint density at radius 3 is 2.75 bits per heavy atom. The quantitative estimate of drug-likeness (QED) is 0.824. The van der Waals surface area contributed by atoms with Crippen LogP contribution in [-0.2, 0) is 4.79 Å². The fourth-order valence-corrected chi connectivity index (χ4v) is 1.62. The average molecular weight is 274 g/mol. The lowest BCUT2D eigenvalue weighted by Crippen LogP contribution is -2.13. The molecule has 0 aliphatic carbocycles. The number of ether oxygens (including phenoxy) is 1. The highest BCUT2D eigenvalue weighted by Crippen LogP contribution is 2.15. The molecule has 1 N–H and O–H groups in total. The van der Waals surface area contributed by atoms with Crippen LogP contribution in [0.3, 0.4) is 0 Å². The molecule has 2 aromatic rings. The van der Waals surface area contributed by atoms with E-state index in [1.54, 1.807) is 42.6 Å². The van der Waals surface area contributed by atoms with Gasteiger partial charge >= 0.3 is 0 Å². The molecular weight excluding hydrogens is 259 g/mol. The number of amides is 1. The molecule has 5 heteroatoms. The molecule has 4 nitrogen and oxygen atoms in total. The Hall–Kier alpha value is -2.43. The first-order valence-corrected chi connectivity index (χ1v) is 6.34. The summed E-state index contributed by atoms with van der Waals surface area (Å²) in [6.07, 6.45) is 2.41. The van der Waals surface area contributed by atoms with Crippen molar-refractivity contribution in [3.05, 3.63) is 54.5 Å². The highest BCUT2D eigenvalue weighted by molar-refractivity contribution is 5.89. The smallest absolute Gasteiger partial charge is 0.225 e. The van der Waals surface area contributed by atoms with Crippen molar-refractivity contribution < 1.29 is 13.9 Å². The van der Waals surface area contributed by atoms with Crippen LogP contribution in [-0.4, -0.2) is 17.5 Å². The van der Waals surface area contributed by atoms with Gasteiger partial charge in [0.1, 0.15) is 5.82 Å². The maximum absolute atomic E-state index is 13.3. The number of hydrogen-bond acceptors (Lipinski definition) is 3. The van der Waals surface area contributed by atoms with Gasteiger partial charge in [0.2, 0.25) is 5.91 Å². The molecule has 0 bridgehead atoms. The predicted octanol–water partition coefficient (Wildman–Crippen LogP) is 3.02. The summed E-state index contributed by atoms with van der Waals surface area (Å²) in [5.41, 5.74) is 0. The Balaban J connectivity index is 1.69. The van der Waals surface area contributed by atoms with Crippen molar-refractivity contribution in [2.45, 2.75) is 12.8 Å². The van der Waals surface area contributed by atoms with Gasteiger partial charge in [0, 0.05) is 12.6 Å². The number of halogens is 1. The molecule has 1 aromatic carbocycles. The van der Waals surface area contributed by atoms with Gasteiger partial charge < -0.3 is 10.1 Å². The normalized spacial score (nSPS) is 10.1. The monoisotopic (exact) mass is 274 g/mol. The molecule has 1 aromatic heterocycles. The molecular formula is C15H15FN2O2. The number of pyridine rings is 1. The van der Waals surface area contributed by atoms with Gasteiger partial charge in [-0.25, -0.2) is 9.37 Å². The molecule has 0 aliphatic rings. The van der Waals surface area contributed by atoms with Crippen LogP contribution >= 0.6 is 0 Å². The minimum absolute atomic E-state index is 0.138. The number of rotatable bonds is 6. The summed E-state index contributed by atoms with van der Waals surface area (Å²) >= 11 is 0. The Bertz CT molecular complexity index is 561. The highest BCUT2D eigenvalue weighted by atomic mass is 19.1. The standard InChI is InChI=1S/C15H15FN2O2/c16-12-6-1-2-7-13(12)20-11-5-9-15(19)18-14-8-3-4-10-17-14/h1-4,6-8,10H,5,9,11H2,(H,17,18,19). The second kappa shape index (κ2) is 7.23. The Morgan fingerprint density at radius 2 is 2.00 bits per heavy atom. The Labute approximate surface area is 116 Å². The number of para-hydroxylation sites is 1. The fraction of sp³-hybridized carbons (Fsp3) is 0.200. The van der Waals surface area contributed by atoms with Crippen molar-refractivity contribution >= 4 is 11.7 Å². The molecule has 2 rings (SSSR count). The van der Waals surface area contributed by atoms with Crippen molar-refractivity contribution in [2.75, 3.05) is 11.9 Å². The maximum Gasteiger partial charge on any atom is 0.225 e. The average Bonchev–Trinajstić information content (AvgIpc) is 2.46. The maximum atomic E-state index is 13.3. The summed E-state index contributed by atoms with van der Waals surface area (Å²) in [5, 5.41) is 2.67. The van der Waals surface area contributed by atoms with Gasteiger partial charge in [-0.05, 0) is 30.7 Å². The first kappa shape index (κ1) is 14.0. The van der Waals surface area contributed by atoms with Gasteiger partial charge in [0.25, 0.3) is 0 Å². The summed E-state index contributed by atoms with van der Waals surface area (Å²) in [6, 6.07) is 11.5. The summed E-state index contributed by atoms with van der Waals surface area (Å²) in [5.74, 6) is 0.191. The van der Waals surface area contributed by atoms with Crippen molar-refractivity contribution in [3.8, 4) is 5.75 Å². The van der Waals surface area contributed by atoms with Crippen molar-refractivity contribution in [2.24, 2.45) is 0 Å². The summed E-state index contributed by atoms with van der Waals surface area (Å²) in [7, 11) is 0. The first-order valence-electron chi connectivity index (χ1n) is 6.34. The van der Waals surface area contributed by atoms with E-state index in [0.29, 0.717) is 18.7 Å². The van der Waals surface area contributed by atoms with Gasteiger partial charge in [-0.3, -0.25) is 4.79 Å². The van der Waals surface area contributed by atoms with E-state index in [-0.39, 0.29) is 18.3 Å². The minimum atomic E-state index is -0.398. The zero-order valence-electron chi connectivity index (χ0n) is 10.9. The number of carbonyl (C=O) groups excluding carboxylic acids is 1. The largest absolute Gasteiger partial charge is 0.491 e. The lowest BCUT2D eigenvalue weighted by Gasteiger charge is -2.07. The van der Waals surface area contributed by atoms with E-state index in [1.165, 1.54) is 6.07 Å². The molecule has 0 radical (unpaired) electrons. The highest BCUT2D eigenvalue weighted by Gasteiger charge is 2.04.